The molecular weight excluding hydrogens is 422 g/mol. The second kappa shape index (κ2) is 10.3. The molecule has 3 rings (SSSR count). The van der Waals surface area contributed by atoms with E-state index in [1.165, 1.54) is 16.7 Å². The van der Waals surface area contributed by atoms with Crippen LogP contribution in [0.2, 0.25) is 5.02 Å². The maximum Gasteiger partial charge on any atom is 0.244 e. The van der Waals surface area contributed by atoms with Gasteiger partial charge in [0.15, 0.2) is 11.0 Å². The van der Waals surface area contributed by atoms with Gasteiger partial charge in [-0.05, 0) is 19.1 Å². The Bertz CT molecular complexity index is 1030. The van der Waals surface area contributed by atoms with E-state index in [1.807, 2.05) is 41.8 Å². The number of carbonyl (C=O) groups excluding carboxylic acids is 2. The predicted octanol–water partition coefficient (Wildman–Crippen LogP) is 3.81. The van der Waals surface area contributed by atoms with Crippen LogP contribution in [-0.4, -0.2) is 50.8 Å². The van der Waals surface area contributed by atoms with Crippen LogP contribution >= 0.6 is 23.4 Å². The van der Waals surface area contributed by atoms with Crippen LogP contribution in [-0.2, 0) is 16.1 Å². The fourth-order valence-corrected chi connectivity index (χ4v) is 3.90. The number of amides is 2. The summed E-state index contributed by atoms with van der Waals surface area (Å²) in [4.78, 5) is 26.1. The second-order valence-corrected chi connectivity index (χ2v) is 7.83. The number of rotatable bonds is 8. The van der Waals surface area contributed by atoms with Gasteiger partial charge in [-0.3, -0.25) is 9.59 Å². The molecule has 0 atom stereocenters. The molecule has 0 fully saturated rings. The van der Waals surface area contributed by atoms with E-state index in [1.54, 1.807) is 31.3 Å². The normalized spacial score (nSPS) is 10.6. The Morgan fingerprint density at radius 2 is 1.80 bits per heavy atom. The van der Waals surface area contributed by atoms with Gasteiger partial charge in [0.25, 0.3) is 0 Å². The van der Waals surface area contributed by atoms with Crippen LogP contribution in [0.4, 0.5) is 5.69 Å². The van der Waals surface area contributed by atoms with E-state index in [0.29, 0.717) is 22.4 Å². The van der Waals surface area contributed by atoms with Crippen LogP contribution in [0.3, 0.4) is 0 Å². The minimum Gasteiger partial charge on any atom is -0.336 e. The number of nitrogens with one attached hydrogen (secondary N) is 1. The van der Waals surface area contributed by atoms with E-state index in [0.717, 1.165) is 11.4 Å². The highest BCUT2D eigenvalue weighted by Crippen LogP contribution is 2.24. The first-order valence-corrected chi connectivity index (χ1v) is 10.8. The van der Waals surface area contributed by atoms with Crippen molar-refractivity contribution in [2.45, 2.75) is 18.6 Å². The highest BCUT2D eigenvalue weighted by molar-refractivity contribution is 7.99. The van der Waals surface area contributed by atoms with E-state index < -0.39 is 0 Å². The molecule has 2 aromatic carbocycles. The van der Waals surface area contributed by atoms with E-state index in [9.17, 15) is 9.59 Å². The van der Waals surface area contributed by atoms with Gasteiger partial charge in [-0.1, -0.05) is 65.8 Å². The average Bonchev–Trinajstić information content (AvgIpc) is 3.17. The lowest BCUT2D eigenvalue weighted by Crippen LogP contribution is -2.36. The number of para-hydroxylation sites is 1. The van der Waals surface area contributed by atoms with Crippen LogP contribution in [0.15, 0.2) is 59.8 Å². The van der Waals surface area contributed by atoms with Crippen molar-refractivity contribution in [1.29, 1.82) is 0 Å². The number of halogens is 1. The zero-order valence-electron chi connectivity index (χ0n) is 16.7. The summed E-state index contributed by atoms with van der Waals surface area (Å²) in [6, 6.07) is 16.7. The number of carbonyl (C=O) groups is 2. The van der Waals surface area contributed by atoms with Crippen LogP contribution in [0.1, 0.15) is 6.92 Å². The van der Waals surface area contributed by atoms with E-state index in [2.05, 4.69) is 15.5 Å². The highest BCUT2D eigenvalue weighted by atomic mass is 35.5. The lowest BCUT2D eigenvalue weighted by molar-refractivity contribution is -0.131. The molecule has 0 saturated carbocycles. The SMILES string of the molecule is CCn1c(SCC(=O)N(C)CC(=O)Nc2ccccc2Cl)nnc1-c1ccccc1. The summed E-state index contributed by atoms with van der Waals surface area (Å²) in [5.41, 5.74) is 1.49. The van der Waals surface area contributed by atoms with Crippen LogP contribution in [0, 0.1) is 0 Å². The Labute approximate surface area is 184 Å². The van der Waals surface area contributed by atoms with Crippen molar-refractivity contribution in [2.24, 2.45) is 0 Å². The maximum atomic E-state index is 12.5. The molecule has 1 aromatic heterocycles. The van der Waals surface area contributed by atoms with Crippen molar-refractivity contribution >= 4 is 40.9 Å². The zero-order chi connectivity index (χ0) is 21.5. The average molecular weight is 444 g/mol. The minimum absolute atomic E-state index is 0.0691. The minimum atomic E-state index is -0.313. The molecule has 30 heavy (non-hydrogen) atoms. The number of likely N-dealkylation sites (N-methyl/N-ethyl adjacent to an activating group) is 1. The fourth-order valence-electron chi connectivity index (χ4n) is 2.77. The first kappa shape index (κ1) is 21.9. The standard InChI is InChI=1S/C21H22ClN5O2S/c1-3-27-20(15-9-5-4-6-10-15)24-25-21(27)30-14-19(29)26(2)13-18(28)23-17-12-8-7-11-16(17)22/h4-12H,3,13-14H2,1-2H3,(H,23,28). The summed E-state index contributed by atoms with van der Waals surface area (Å²) >= 11 is 7.35. The number of hydrogen-bond acceptors (Lipinski definition) is 5. The number of thioether (sulfide) groups is 1. The summed E-state index contributed by atoms with van der Waals surface area (Å²) in [6.07, 6.45) is 0. The first-order valence-electron chi connectivity index (χ1n) is 9.39. The predicted molar refractivity (Wildman–Crippen MR) is 120 cm³/mol. The van der Waals surface area contributed by atoms with E-state index >= 15 is 0 Å². The number of nitrogens with zero attached hydrogens (tertiary/aromatic N) is 4. The maximum absolute atomic E-state index is 12.5. The van der Waals surface area contributed by atoms with Gasteiger partial charge in [-0.15, -0.1) is 10.2 Å². The lowest BCUT2D eigenvalue weighted by Gasteiger charge is -2.17. The molecular formula is C21H22ClN5O2S. The molecule has 0 aliphatic heterocycles. The number of hydrogen-bond donors (Lipinski definition) is 1. The molecule has 0 saturated heterocycles. The first-order chi connectivity index (χ1) is 14.5. The number of aromatic nitrogens is 3. The molecule has 1 N–H and O–H groups in total. The molecule has 0 radical (unpaired) electrons. The van der Waals surface area contributed by atoms with Crippen molar-refractivity contribution in [2.75, 3.05) is 24.7 Å². The third-order valence-electron chi connectivity index (χ3n) is 4.34. The molecule has 156 valence electrons. The fraction of sp³-hybridized carbons (Fsp3) is 0.238. The quantitative estimate of drug-likeness (QED) is 0.535. The van der Waals surface area contributed by atoms with E-state index in [4.69, 9.17) is 11.6 Å². The van der Waals surface area contributed by atoms with Gasteiger partial charge >= 0.3 is 0 Å². The molecule has 9 heteroatoms. The van der Waals surface area contributed by atoms with Crippen LogP contribution in [0.5, 0.6) is 0 Å². The summed E-state index contributed by atoms with van der Waals surface area (Å²) in [5, 5.41) is 12.3. The zero-order valence-corrected chi connectivity index (χ0v) is 18.3. The van der Waals surface area contributed by atoms with Crippen LogP contribution < -0.4 is 5.32 Å². The molecule has 7 nitrogen and oxygen atoms in total. The number of anilines is 1. The van der Waals surface area contributed by atoms with Gasteiger partial charge in [0.05, 0.1) is 23.0 Å². The van der Waals surface area contributed by atoms with Gasteiger partial charge in [0.1, 0.15) is 0 Å². The third kappa shape index (κ3) is 5.40. The molecule has 0 aliphatic carbocycles. The summed E-state index contributed by atoms with van der Waals surface area (Å²) in [6.45, 7) is 2.62. The molecule has 0 spiro atoms. The van der Waals surface area contributed by atoms with Crippen LogP contribution in [0.25, 0.3) is 11.4 Å². The lowest BCUT2D eigenvalue weighted by atomic mass is 10.2. The van der Waals surface area contributed by atoms with Crippen molar-refractivity contribution in [3.63, 3.8) is 0 Å². The van der Waals surface area contributed by atoms with Gasteiger partial charge < -0.3 is 14.8 Å². The van der Waals surface area contributed by atoms with Crippen molar-refractivity contribution in [3.05, 3.63) is 59.6 Å². The molecule has 0 aliphatic rings. The van der Waals surface area contributed by atoms with Crippen molar-refractivity contribution in [1.82, 2.24) is 19.7 Å². The Morgan fingerprint density at radius 3 is 2.50 bits per heavy atom. The molecule has 0 unspecified atom stereocenters. The highest BCUT2D eigenvalue weighted by Gasteiger charge is 2.18. The smallest absolute Gasteiger partial charge is 0.244 e. The van der Waals surface area contributed by atoms with Gasteiger partial charge in [0.2, 0.25) is 11.8 Å². The summed E-state index contributed by atoms with van der Waals surface area (Å²) < 4.78 is 1.97. The van der Waals surface area contributed by atoms with Gasteiger partial charge in [0, 0.05) is 19.2 Å². The molecule has 1 heterocycles. The van der Waals surface area contributed by atoms with Crippen molar-refractivity contribution in [3.8, 4) is 11.4 Å². The topological polar surface area (TPSA) is 80.1 Å². The van der Waals surface area contributed by atoms with Gasteiger partial charge in [-0.2, -0.15) is 0 Å². The molecule has 3 aromatic rings. The Hall–Kier alpha value is -2.84. The van der Waals surface area contributed by atoms with Gasteiger partial charge in [-0.25, -0.2) is 0 Å². The van der Waals surface area contributed by atoms with Crippen molar-refractivity contribution < 1.29 is 9.59 Å². The third-order valence-corrected chi connectivity index (χ3v) is 5.63. The summed E-state index contributed by atoms with van der Waals surface area (Å²) in [5.74, 6) is 0.428. The summed E-state index contributed by atoms with van der Waals surface area (Å²) in [7, 11) is 1.59. The second-order valence-electron chi connectivity index (χ2n) is 6.48. The molecule has 2 amide bonds. The molecule has 0 bridgehead atoms. The Balaban J connectivity index is 1.57. The Kier molecular flexibility index (Phi) is 7.48. The Morgan fingerprint density at radius 1 is 1.10 bits per heavy atom. The van der Waals surface area contributed by atoms with E-state index in [-0.39, 0.29) is 24.1 Å². The number of benzene rings is 2. The monoisotopic (exact) mass is 443 g/mol. The largest absolute Gasteiger partial charge is 0.336 e.